The third-order valence-corrected chi connectivity index (χ3v) is 3.64. The molecule has 1 rings (SSSR count). The lowest BCUT2D eigenvalue weighted by atomic mass is 10.1. The first-order valence-corrected chi connectivity index (χ1v) is 7.13. The van der Waals surface area contributed by atoms with Crippen molar-refractivity contribution in [1.82, 2.24) is 10.2 Å². The Balaban J connectivity index is 2.18. The quantitative estimate of drug-likeness (QED) is 0.671. The van der Waals surface area contributed by atoms with Crippen molar-refractivity contribution in [1.29, 1.82) is 0 Å². The van der Waals surface area contributed by atoms with Crippen molar-refractivity contribution in [2.75, 3.05) is 13.1 Å². The Hall–Kier alpha value is -0.0800. The molecular formula is C14H30N2. The molecule has 0 bridgehead atoms. The number of nitrogens with one attached hydrogen (secondary N) is 1. The van der Waals surface area contributed by atoms with E-state index in [4.69, 9.17) is 0 Å². The monoisotopic (exact) mass is 226 g/mol. The van der Waals surface area contributed by atoms with Crippen molar-refractivity contribution in [3.63, 3.8) is 0 Å². The average molecular weight is 226 g/mol. The van der Waals surface area contributed by atoms with E-state index in [1.165, 1.54) is 45.2 Å². The average Bonchev–Trinajstić information content (AvgIpc) is 2.65. The zero-order valence-corrected chi connectivity index (χ0v) is 11.6. The molecule has 0 radical (unpaired) electrons. The highest BCUT2D eigenvalue weighted by Gasteiger charge is 2.25. The van der Waals surface area contributed by atoms with Gasteiger partial charge in [0.2, 0.25) is 0 Å². The van der Waals surface area contributed by atoms with E-state index in [1.807, 2.05) is 0 Å². The molecule has 0 aliphatic carbocycles. The second kappa shape index (κ2) is 7.29. The highest BCUT2D eigenvalue weighted by Crippen LogP contribution is 2.17. The van der Waals surface area contributed by atoms with Crippen molar-refractivity contribution in [2.45, 2.75) is 77.9 Å². The predicted octanol–water partition coefficient (Wildman–Crippen LogP) is 3.03. The maximum atomic E-state index is 3.65. The van der Waals surface area contributed by atoms with Gasteiger partial charge in [-0.2, -0.15) is 0 Å². The maximum absolute atomic E-state index is 3.65. The molecule has 1 aliphatic rings. The summed E-state index contributed by atoms with van der Waals surface area (Å²) in [6.45, 7) is 11.7. The van der Waals surface area contributed by atoms with Crippen LogP contribution in [0.5, 0.6) is 0 Å². The summed E-state index contributed by atoms with van der Waals surface area (Å²) in [5.74, 6) is 0. The number of nitrogens with zero attached hydrogens (tertiary/aromatic N) is 1. The molecule has 0 spiro atoms. The SMILES string of the molecule is CCCCCC(C)N1CCC(NC(C)C)C1. The van der Waals surface area contributed by atoms with Gasteiger partial charge < -0.3 is 5.32 Å². The van der Waals surface area contributed by atoms with E-state index in [2.05, 4.69) is 37.9 Å². The Bertz CT molecular complexity index is 180. The van der Waals surface area contributed by atoms with E-state index >= 15 is 0 Å². The fourth-order valence-corrected chi connectivity index (χ4v) is 2.67. The van der Waals surface area contributed by atoms with E-state index in [0.29, 0.717) is 6.04 Å². The molecule has 96 valence electrons. The summed E-state index contributed by atoms with van der Waals surface area (Å²) in [6, 6.07) is 2.14. The van der Waals surface area contributed by atoms with Crippen LogP contribution in [0.1, 0.15) is 59.8 Å². The van der Waals surface area contributed by atoms with E-state index in [0.717, 1.165) is 12.1 Å². The molecule has 1 N–H and O–H groups in total. The van der Waals surface area contributed by atoms with Gasteiger partial charge in [0.15, 0.2) is 0 Å². The van der Waals surface area contributed by atoms with Gasteiger partial charge in [-0.05, 0) is 19.8 Å². The van der Waals surface area contributed by atoms with Gasteiger partial charge in [-0.25, -0.2) is 0 Å². The Morgan fingerprint density at radius 1 is 1.25 bits per heavy atom. The van der Waals surface area contributed by atoms with Gasteiger partial charge in [-0.15, -0.1) is 0 Å². The molecule has 0 aromatic rings. The van der Waals surface area contributed by atoms with Crippen molar-refractivity contribution in [2.24, 2.45) is 0 Å². The highest BCUT2D eigenvalue weighted by atomic mass is 15.2. The standard InChI is InChI=1S/C14H30N2/c1-5-6-7-8-13(4)16-10-9-14(11-16)15-12(2)3/h12-15H,5-11H2,1-4H3. The Morgan fingerprint density at radius 2 is 2.00 bits per heavy atom. The lowest BCUT2D eigenvalue weighted by molar-refractivity contribution is 0.235. The molecule has 2 atom stereocenters. The van der Waals surface area contributed by atoms with Crippen LogP contribution in [0.4, 0.5) is 0 Å². The number of hydrogen-bond donors (Lipinski definition) is 1. The molecule has 16 heavy (non-hydrogen) atoms. The maximum Gasteiger partial charge on any atom is 0.0209 e. The van der Waals surface area contributed by atoms with Crippen LogP contribution in [0.2, 0.25) is 0 Å². The van der Waals surface area contributed by atoms with Gasteiger partial charge in [0.05, 0.1) is 0 Å². The molecule has 1 saturated heterocycles. The lowest BCUT2D eigenvalue weighted by Crippen LogP contribution is -2.39. The zero-order chi connectivity index (χ0) is 12.0. The first-order chi connectivity index (χ1) is 7.63. The summed E-state index contributed by atoms with van der Waals surface area (Å²) < 4.78 is 0. The molecule has 0 saturated carbocycles. The second-order valence-electron chi connectivity index (χ2n) is 5.65. The minimum Gasteiger partial charge on any atom is -0.310 e. The topological polar surface area (TPSA) is 15.3 Å². The molecule has 1 heterocycles. The predicted molar refractivity (Wildman–Crippen MR) is 71.9 cm³/mol. The first-order valence-electron chi connectivity index (χ1n) is 7.13. The zero-order valence-electron chi connectivity index (χ0n) is 11.6. The molecule has 2 heteroatoms. The summed E-state index contributed by atoms with van der Waals surface area (Å²) >= 11 is 0. The van der Waals surface area contributed by atoms with Crippen LogP contribution >= 0.6 is 0 Å². The van der Waals surface area contributed by atoms with Crippen LogP contribution < -0.4 is 5.32 Å². The summed E-state index contributed by atoms with van der Waals surface area (Å²) in [6.07, 6.45) is 6.84. The molecule has 0 aromatic heterocycles. The fraction of sp³-hybridized carbons (Fsp3) is 1.00. The number of rotatable bonds is 7. The van der Waals surface area contributed by atoms with Crippen LogP contribution in [-0.4, -0.2) is 36.1 Å². The second-order valence-corrected chi connectivity index (χ2v) is 5.65. The van der Waals surface area contributed by atoms with E-state index in [1.54, 1.807) is 0 Å². The van der Waals surface area contributed by atoms with Gasteiger partial charge in [-0.3, -0.25) is 4.90 Å². The van der Waals surface area contributed by atoms with E-state index in [-0.39, 0.29) is 0 Å². The largest absolute Gasteiger partial charge is 0.310 e. The Labute approximate surface area is 102 Å². The Morgan fingerprint density at radius 3 is 2.62 bits per heavy atom. The van der Waals surface area contributed by atoms with Gasteiger partial charge in [0.25, 0.3) is 0 Å². The van der Waals surface area contributed by atoms with Crippen molar-refractivity contribution in [3.8, 4) is 0 Å². The molecule has 0 aromatic carbocycles. The van der Waals surface area contributed by atoms with Crippen molar-refractivity contribution >= 4 is 0 Å². The molecule has 1 fully saturated rings. The number of unbranched alkanes of at least 4 members (excludes halogenated alkanes) is 2. The Kier molecular flexibility index (Phi) is 6.37. The van der Waals surface area contributed by atoms with E-state index in [9.17, 15) is 0 Å². The van der Waals surface area contributed by atoms with Crippen LogP contribution in [-0.2, 0) is 0 Å². The number of likely N-dealkylation sites (tertiary alicyclic amines) is 1. The third-order valence-electron chi connectivity index (χ3n) is 3.64. The number of hydrogen-bond acceptors (Lipinski definition) is 2. The van der Waals surface area contributed by atoms with Gasteiger partial charge in [-0.1, -0.05) is 40.0 Å². The smallest absolute Gasteiger partial charge is 0.0209 e. The van der Waals surface area contributed by atoms with Gasteiger partial charge >= 0.3 is 0 Å². The summed E-state index contributed by atoms with van der Waals surface area (Å²) in [5.41, 5.74) is 0. The highest BCUT2D eigenvalue weighted by molar-refractivity contribution is 4.84. The molecular weight excluding hydrogens is 196 g/mol. The third kappa shape index (κ3) is 4.84. The molecule has 1 aliphatic heterocycles. The first kappa shape index (κ1) is 14.0. The van der Waals surface area contributed by atoms with Gasteiger partial charge in [0, 0.05) is 31.2 Å². The lowest BCUT2D eigenvalue weighted by Gasteiger charge is -2.25. The van der Waals surface area contributed by atoms with Crippen LogP contribution in [0.25, 0.3) is 0 Å². The molecule has 0 amide bonds. The van der Waals surface area contributed by atoms with Crippen LogP contribution in [0, 0.1) is 0 Å². The van der Waals surface area contributed by atoms with Crippen molar-refractivity contribution < 1.29 is 0 Å². The van der Waals surface area contributed by atoms with Crippen molar-refractivity contribution in [3.05, 3.63) is 0 Å². The fourth-order valence-electron chi connectivity index (χ4n) is 2.67. The minimum atomic E-state index is 0.625. The van der Waals surface area contributed by atoms with Gasteiger partial charge in [0.1, 0.15) is 0 Å². The molecule has 2 nitrogen and oxygen atoms in total. The van der Waals surface area contributed by atoms with Crippen LogP contribution in [0.3, 0.4) is 0 Å². The summed E-state index contributed by atoms with van der Waals surface area (Å²) in [7, 11) is 0. The summed E-state index contributed by atoms with van der Waals surface area (Å²) in [5, 5.41) is 3.65. The normalized spacial score (nSPS) is 24.2. The molecule has 2 unspecified atom stereocenters. The minimum absolute atomic E-state index is 0.625. The summed E-state index contributed by atoms with van der Waals surface area (Å²) in [4.78, 5) is 2.66. The van der Waals surface area contributed by atoms with Crippen LogP contribution in [0.15, 0.2) is 0 Å². The van der Waals surface area contributed by atoms with E-state index < -0.39 is 0 Å².